The number of rotatable bonds is 3. The highest BCUT2D eigenvalue weighted by Gasteiger charge is 2.31. The van der Waals surface area contributed by atoms with Crippen molar-refractivity contribution in [2.45, 2.75) is 13.8 Å². The quantitative estimate of drug-likeness (QED) is 0.234. The molecule has 0 aromatic heterocycles. The first-order chi connectivity index (χ1) is 17.2. The molecule has 0 spiro atoms. The summed E-state index contributed by atoms with van der Waals surface area (Å²) in [4.78, 5) is 0. The molecule has 0 fully saturated rings. The average molecular weight is 466 g/mol. The molecule has 1 heteroatoms. The fourth-order valence-corrected chi connectivity index (χ4v) is 8.36. The van der Waals surface area contributed by atoms with Crippen molar-refractivity contribution in [3.63, 3.8) is 0 Å². The maximum Gasteiger partial charge on any atom is 0.110 e. The summed E-state index contributed by atoms with van der Waals surface area (Å²) in [5.74, 6) is 0. The van der Waals surface area contributed by atoms with E-state index in [-0.39, 0.29) is 0 Å². The van der Waals surface area contributed by atoms with Gasteiger partial charge in [0.15, 0.2) is 0 Å². The molecule has 6 aromatic rings. The molecule has 0 heterocycles. The van der Waals surface area contributed by atoms with Crippen molar-refractivity contribution < 1.29 is 0 Å². The molecular formula is C34H26P+. The average Bonchev–Trinajstić information content (AvgIpc) is 3.20. The molecule has 0 saturated carbocycles. The van der Waals surface area contributed by atoms with Gasteiger partial charge in [0, 0.05) is 10.8 Å². The Morgan fingerprint density at radius 1 is 0.457 bits per heavy atom. The van der Waals surface area contributed by atoms with Gasteiger partial charge in [-0.2, -0.15) is 0 Å². The van der Waals surface area contributed by atoms with Crippen molar-refractivity contribution in [2.24, 2.45) is 0 Å². The maximum atomic E-state index is 2.42. The second-order valence-electron chi connectivity index (χ2n) is 9.74. The van der Waals surface area contributed by atoms with E-state index in [1.807, 2.05) is 0 Å². The van der Waals surface area contributed by atoms with Crippen LogP contribution in [0.15, 0.2) is 115 Å². The number of hydrogen-bond donors (Lipinski definition) is 0. The van der Waals surface area contributed by atoms with Gasteiger partial charge in [-0.25, -0.2) is 0 Å². The number of fused-ring (bicyclic) bond motifs is 4. The van der Waals surface area contributed by atoms with Crippen molar-refractivity contribution in [3.8, 4) is 22.3 Å². The summed E-state index contributed by atoms with van der Waals surface area (Å²) in [5.41, 5.74) is 8.08. The van der Waals surface area contributed by atoms with E-state index in [9.17, 15) is 0 Å². The lowest BCUT2D eigenvalue weighted by atomic mass is 9.99. The van der Waals surface area contributed by atoms with E-state index >= 15 is 0 Å². The molecule has 0 atom stereocenters. The van der Waals surface area contributed by atoms with Crippen LogP contribution >= 0.6 is 7.92 Å². The Morgan fingerprint density at radius 3 is 1.57 bits per heavy atom. The SMILES string of the molecule is Cc1ccc([PH+](c2ccc(C)cc2)c2ccc3c4c(cccc24)-c2cc4ccccc4cc2-3)cc1. The summed E-state index contributed by atoms with van der Waals surface area (Å²) < 4.78 is 0. The van der Waals surface area contributed by atoms with E-state index in [1.165, 1.54) is 70.8 Å². The van der Waals surface area contributed by atoms with Crippen LogP contribution in [0.3, 0.4) is 0 Å². The fraction of sp³-hybridized carbons (Fsp3) is 0.0588. The van der Waals surface area contributed by atoms with Crippen LogP contribution in [0.2, 0.25) is 0 Å². The second kappa shape index (κ2) is 7.91. The van der Waals surface area contributed by atoms with Crippen molar-refractivity contribution in [2.75, 3.05) is 0 Å². The van der Waals surface area contributed by atoms with Crippen LogP contribution in [0.5, 0.6) is 0 Å². The Kier molecular flexibility index (Phi) is 4.66. The van der Waals surface area contributed by atoms with Gasteiger partial charge in [-0.15, -0.1) is 0 Å². The third-order valence-corrected chi connectivity index (χ3v) is 10.3. The molecule has 35 heavy (non-hydrogen) atoms. The van der Waals surface area contributed by atoms with Crippen molar-refractivity contribution in [1.82, 2.24) is 0 Å². The van der Waals surface area contributed by atoms with Crippen molar-refractivity contribution in [1.29, 1.82) is 0 Å². The van der Waals surface area contributed by atoms with Gasteiger partial charge in [0.05, 0.1) is 7.92 Å². The van der Waals surface area contributed by atoms with E-state index in [0.717, 1.165) is 0 Å². The van der Waals surface area contributed by atoms with Gasteiger partial charge in [0.2, 0.25) is 0 Å². The minimum absolute atomic E-state index is 1.16. The highest BCUT2D eigenvalue weighted by molar-refractivity contribution is 7.80. The van der Waals surface area contributed by atoms with Gasteiger partial charge in [-0.1, -0.05) is 77.9 Å². The summed E-state index contributed by atoms with van der Waals surface area (Å²) in [6.07, 6.45) is 0. The normalized spacial score (nSPS) is 12.0. The molecular weight excluding hydrogens is 439 g/mol. The molecule has 166 valence electrons. The summed E-state index contributed by atoms with van der Waals surface area (Å²) in [7, 11) is -1.16. The van der Waals surface area contributed by atoms with E-state index < -0.39 is 7.92 Å². The molecule has 1 aliphatic carbocycles. The van der Waals surface area contributed by atoms with Gasteiger partial charge in [0.25, 0.3) is 0 Å². The number of aryl methyl sites for hydroxylation is 2. The standard InChI is InChI=1S/C34H25P/c1-22-10-14-26(15-11-22)35(27-16-12-23(2)13-17-27)33-19-18-29-32-21-25-7-4-3-6-24(25)20-31(32)28-8-5-9-30(33)34(28)29/h3-21H,1-2H3/p+1. The lowest BCUT2D eigenvalue weighted by Gasteiger charge is -2.15. The Bertz CT molecular complexity index is 1650. The summed E-state index contributed by atoms with van der Waals surface area (Å²) >= 11 is 0. The lowest BCUT2D eigenvalue weighted by Crippen LogP contribution is -2.21. The van der Waals surface area contributed by atoms with Crippen LogP contribution in [0, 0.1) is 13.8 Å². The first-order valence-corrected chi connectivity index (χ1v) is 13.8. The molecule has 0 radical (unpaired) electrons. The van der Waals surface area contributed by atoms with Gasteiger partial charge in [-0.3, -0.25) is 0 Å². The fourth-order valence-electron chi connectivity index (χ4n) is 5.68. The second-order valence-corrected chi connectivity index (χ2v) is 12.2. The Morgan fingerprint density at radius 2 is 1.00 bits per heavy atom. The number of hydrogen-bond acceptors (Lipinski definition) is 0. The van der Waals surface area contributed by atoms with Gasteiger partial charge in [-0.05, 0) is 95.4 Å². The summed E-state index contributed by atoms with van der Waals surface area (Å²) in [5, 5.41) is 9.77. The Balaban J connectivity index is 1.50. The zero-order chi connectivity index (χ0) is 23.5. The molecule has 0 saturated heterocycles. The van der Waals surface area contributed by atoms with Crippen LogP contribution in [-0.2, 0) is 0 Å². The zero-order valence-corrected chi connectivity index (χ0v) is 21.0. The lowest BCUT2D eigenvalue weighted by molar-refractivity contribution is 1.49. The Hall–Kier alpha value is -3.73. The smallest absolute Gasteiger partial charge is 0.0616 e. The van der Waals surface area contributed by atoms with Crippen molar-refractivity contribution >= 4 is 45.4 Å². The van der Waals surface area contributed by atoms with E-state index in [4.69, 9.17) is 0 Å². The molecule has 0 bridgehead atoms. The summed E-state index contributed by atoms with van der Waals surface area (Å²) in [6.45, 7) is 4.34. The van der Waals surface area contributed by atoms with Gasteiger partial charge in [0.1, 0.15) is 15.9 Å². The van der Waals surface area contributed by atoms with Crippen LogP contribution < -0.4 is 15.9 Å². The van der Waals surface area contributed by atoms with E-state index in [1.54, 1.807) is 0 Å². The summed E-state index contributed by atoms with van der Waals surface area (Å²) in [6, 6.07) is 43.6. The Labute approximate surface area is 207 Å². The molecule has 7 rings (SSSR count). The third-order valence-electron chi connectivity index (χ3n) is 7.46. The monoisotopic (exact) mass is 465 g/mol. The zero-order valence-electron chi connectivity index (χ0n) is 20.0. The molecule has 6 aromatic carbocycles. The van der Waals surface area contributed by atoms with Gasteiger partial charge < -0.3 is 0 Å². The molecule has 0 unspecified atom stereocenters. The maximum absolute atomic E-state index is 2.42. The van der Waals surface area contributed by atoms with Crippen LogP contribution in [-0.4, -0.2) is 0 Å². The van der Waals surface area contributed by atoms with E-state index in [2.05, 4.69) is 129 Å². The topological polar surface area (TPSA) is 0 Å². The van der Waals surface area contributed by atoms with Crippen LogP contribution in [0.25, 0.3) is 43.8 Å². The largest absolute Gasteiger partial charge is 0.110 e. The van der Waals surface area contributed by atoms with Crippen molar-refractivity contribution in [3.05, 3.63) is 126 Å². The molecule has 1 aliphatic rings. The van der Waals surface area contributed by atoms with E-state index in [0.29, 0.717) is 0 Å². The first kappa shape index (κ1) is 20.6. The molecule has 0 N–H and O–H groups in total. The molecule has 0 nitrogen and oxygen atoms in total. The first-order valence-electron chi connectivity index (χ1n) is 12.3. The number of benzene rings is 6. The van der Waals surface area contributed by atoms with Crippen LogP contribution in [0.4, 0.5) is 0 Å². The van der Waals surface area contributed by atoms with Crippen LogP contribution in [0.1, 0.15) is 11.1 Å². The highest BCUT2D eigenvalue weighted by atomic mass is 31.1. The predicted molar refractivity (Wildman–Crippen MR) is 155 cm³/mol. The highest BCUT2D eigenvalue weighted by Crippen LogP contribution is 2.49. The minimum Gasteiger partial charge on any atom is -0.0616 e. The third kappa shape index (κ3) is 3.25. The molecule has 0 aliphatic heterocycles. The molecule has 0 amide bonds. The minimum atomic E-state index is -1.16. The predicted octanol–water partition coefficient (Wildman–Crippen LogP) is 7.75. The van der Waals surface area contributed by atoms with Gasteiger partial charge >= 0.3 is 0 Å².